The van der Waals surface area contributed by atoms with Crippen LogP contribution < -0.4 is 0 Å². The van der Waals surface area contributed by atoms with Crippen LogP contribution in [0.5, 0.6) is 0 Å². The standard InChI is InChI=1S/C15H21FN2O/c1-12(11-14-5-3-4-6-15(14)16)17-7-9-18(10-8-17)13(2)19/h3-6,12H,7-11H2,1-2H3. The summed E-state index contributed by atoms with van der Waals surface area (Å²) >= 11 is 0. The summed E-state index contributed by atoms with van der Waals surface area (Å²) in [5, 5.41) is 0. The Bertz CT molecular complexity index is 442. The van der Waals surface area contributed by atoms with Crippen molar-refractivity contribution in [2.24, 2.45) is 0 Å². The molecule has 2 rings (SSSR count). The second-order valence-electron chi connectivity index (χ2n) is 5.19. The molecule has 0 saturated carbocycles. The number of carbonyl (C=O) groups is 1. The van der Waals surface area contributed by atoms with Gasteiger partial charge in [-0.1, -0.05) is 18.2 Å². The highest BCUT2D eigenvalue weighted by Gasteiger charge is 2.22. The van der Waals surface area contributed by atoms with E-state index in [9.17, 15) is 9.18 Å². The smallest absolute Gasteiger partial charge is 0.219 e. The van der Waals surface area contributed by atoms with E-state index in [0.717, 1.165) is 31.7 Å². The minimum Gasteiger partial charge on any atom is -0.340 e. The fourth-order valence-electron chi connectivity index (χ4n) is 2.59. The van der Waals surface area contributed by atoms with Crippen molar-refractivity contribution < 1.29 is 9.18 Å². The van der Waals surface area contributed by atoms with E-state index in [1.54, 1.807) is 13.0 Å². The molecular formula is C15H21FN2O. The zero-order valence-electron chi connectivity index (χ0n) is 11.6. The Morgan fingerprint density at radius 3 is 2.47 bits per heavy atom. The molecule has 1 unspecified atom stereocenters. The first-order valence-electron chi connectivity index (χ1n) is 6.81. The molecule has 0 radical (unpaired) electrons. The normalized spacial score (nSPS) is 18.4. The highest BCUT2D eigenvalue weighted by atomic mass is 19.1. The molecule has 0 bridgehead atoms. The molecule has 0 N–H and O–H groups in total. The van der Waals surface area contributed by atoms with E-state index in [-0.39, 0.29) is 11.7 Å². The van der Waals surface area contributed by atoms with E-state index in [2.05, 4.69) is 11.8 Å². The van der Waals surface area contributed by atoms with Gasteiger partial charge >= 0.3 is 0 Å². The molecule has 1 aliphatic rings. The Labute approximate surface area is 114 Å². The molecular weight excluding hydrogens is 243 g/mol. The summed E-state index contributed by atoms with van der Waals surface area (Å²) in [5.74, 6) is 0.0122. The highest BCUT2D eigenvalue weighted by Crippen LogP contribution is 2.14. The van der Waals surface area contributed by atoms with Crippen LogP contribution in [0.1, 0.15) is 19.4 Å². The highest BCUT2D eigenvalue weighted by molar-refractivity contribution is 5.73. The number of nitrogens with zero attached hydrogens (tertiary/aromatic N) is 2. The van der Waals surface area contributed by atoms with Gasteiger partial charge in [-0.3, -0.25) is 9.69 Å². The van der Waals surface area contributed by atoms with E-state index in [0.29, 0.717) is 12.5 Å². The topological polar surface area (TPSA) is 23.6 Å². The van der Waals surface area contributed by atoms with Crippen molar-refractivity contribution in [3.63, 3.8) is 0 Å². The number of piperazine rings is 1. The Kier molecular flexibility index (Phi) is 4.53. The molecule has 1 heterocycles. The van der Waals surface area contributed by atoms with Crippen molar-refractivity contribution in [2.75, 3.05) is 26.2 Å². The average molecular weight is 264 g/mol. The summed E-state index contributed by atoms with van der Waals surface area (Å²) in [6, 6.07) is 7.24. The fourth-order valence-corrected chi connectivity index (χ4v) is 2.59. The predicted octanol–water partition coefficient (Wildman–Crippen LogP) is 1.92. The number of halogens is 1. The third-order valence-electron chi connectivity index (χ3n) is 3.86. The van der Waals surface area contributed by atoms with Crippen LogP contribution in [0.4, 0.5) is 4.39 Å². The first-order valence-corrected chi connectivity index (χ1v) is 6.81. The molecule has 1 fully saturated rings. The van der Waals surface area contributed by atoms with Crippen molar-refractivity contribution in [3.05, 3.63) is 35.6 Å². The van der Waals surface area contributed by atoms with Crippen LogP contribution in [0.3, 0.4) is 0 Å². The maximum atomic E-state index is 13.6. The Morgan fingerprint density at radius 1 is 1.26 bits per heavy atom. The van der Waals surface area contributed by atoms with Gasteiger partial charge in [0.2, 0.25) is 5.91 Å². The van der Waals surface area contributed by atoms with Gasteiger partial charge in [-0.15, -0.1) is 0 Å². The number of carbonyl (C=O) groups excluding carboxylic acids is 1. The average Bonchev–Trinajstić information content (AvgIpc) is 2.41. The van der Waals surface area contributed by atoms with Crippen LogP contribution >= 0.6 is 0 Å². The molecule has 19 heavy (non-hydrogen) atoms. The molecule has 1 aromatic carbocycles. The van der Waals surface area contributed by atoms with E-state index in [1.165, 1.54) is 6.07 Å². The SMILES string of the molecule is CC(=O)N1CCN(C(C)Cc2ccccc2F)CC1. The van der Waals surface area contributed by atoms with E-state index in [1.807, 2.05) is 17.0 Å². The minimum absolute atomic E-state index is 0.128. The van der Waals surface area contributed by atoms with Crippen LogP contribution in [-0.4, -0.2) is 47.9 Å². The summed E-state index contributed by atoms with van der Waals surface area (Å²) in [4.78, 5) is 15.5. The summed E-state index contributed by atoms with van der Waals surface area (Å²) in [5.41, 5.74) is 0.768. The lowest BCUT2D eigenvalue weighted by Gasteiger charge is -2.37. The molecule has 0 aromatic heterocycles. The van der Waals surface area contributed by atoms with Gasteiger partial charge in [-0.25, -0.2) is 4.39 Å². The van der Waals surface area contributed by atoms with Gasteiger partial charge in [0, 0.05) is 39.1 Å². The van der Waals surface area contributed by atoms with Gasteiger partial charge in [0.05, 0.1) is 0 Å². The number of amides is 1. The number of hydrogen-bond acceptors (Lipinski definition) is 2. The summed E-state index contributed by atoms with van der Waals surface area (Å²) in [6.07, 6.45) is 0.715. The third kappa shape index (κ3) is 3.53. The van der Waals surface area contributed by atoms with Crippen LogP contribution in [0, 0.1) is 5.82 Å². The summed E-state index contributed by atoms with van der Waals surface area (Å²) in [7, 11) is 0. The second-order valence-corrected chi connectivity index (χ2v) is 5.19. The van der Waals surface area contributed by atoms with Crippen LogP contribution in [0.2, 0.25) is 0 Å². The summed E-state index contributed by atoms with van der Waals surface area (Å²) < 4.78 is 13.6. The number of hydrogen-bond donors (Lipinski definition) is 0. The van der Waals surface area contributed by atoms with Crippen molar-refractivity contribution in [3.8, 4) is 0 Å². The maximum absolute atomic E-state index is 13.6. The van der Waals surface area contributed by atoms with Crippen molar-refractivity contribution >= 4 is 5.91 Å². The van der Waals surface area contributed by atoms with Crippen LogP contribution in [0.25, 0.3) is 0 Å². The Balaban J connectivity index is 1.90. The minimum atomic E-state index is -0.128. The largest absolute Gasteiger partial charge is 0.340 e. The van der Waals surface area contributed by atoms with Gasteiger partial charge in [0.25, 0.3) is 0 Å². The molecule has 0 spiro atoms. The molecule has 0 aliphatic carbocycles. The molecule has 1 aromatic rings. The molecule has 3 nitrogen and oxygen atoms in total. The van der Waals surface area contributed by atoms with Gasteiger partial charge in [0.1, 0.15) is 5.82 Å². The zero-order chi connectivity index (χ0) is 13.8. The Hall–Kier alpha value is -1.42. The van der Waals surface area contributed by atoms with Gasteiger partial charge in [0.15, 0.2) is 0 Å². The Morgan fingerprint density at radius 2 is 1.89 bits per heavy atom. The summed E-state index contributed by atoms with van der Waals surface area (Å²) in [6.45, 7) is 7.02. The van der Waals surface area contributed by atoms with E-state index >= 15 is 0 Å². The van der Waals surface area contributed by atoms with Crippen LogP contribution in [-0.2, 0) is 11.2 Å². The van der Waals surface area contributed by atoms with Gasteiger partial charge in [-0.05, 0) is 25.0 Å². The molecule has 4 heteroatoms. The maximum Gasteiger partial charge on any atom is 0.219 e. The molecule has 1 atom stereocenters. The molecule has 1 amide bonds. The van der Waals surface area contributed by atoms with Crippen LogP contribution in [0.15, 0.2) is 24.3 Å². The lowest BCUT2D eigenvalue weighted by Crippen LogP contribution is -2.51. The molecule has 1 aliphatic heterocycles. The molecule has 1 saturated heterocycles. The van der Waals surface area contributed by atoms with Gasteiger partial charge < -0.3 is 4.90 Å². The number of rotatable bonds is 3. The van der Waals surface area contributed by atoms with E-state index < -0.39 is 0 Å². The lowest BCUT2D eigenvalue weighted by atomic mass is 10.0. The van der Waals surface area contributed by atoms with Crippen molar-refractivity contribution in [2.45, 2.75) is 26.3 Å². The predicted molar refractivity (Wildman–Crippen MR) is 73.4 cm³/mol. The first kappa shape index (κ1) is 14.0. The van der Waals surface area contributed by atoms with Gasteiger partial charge in [-0.2, -0.15) is 0 Å². The van der Waals surface area contributed by atoms with Crippen molar-refractivity contribution in [1.82, 2.24) is 9.80 Å². The third-order valence-corrected chi connectivity index (χ3v) is 3.86. The monoisotopic (exact) mass is 264 g/mol. The molecule has 104 valence electrons. The second kappa shape index (κ2) is 6.15. The first-order chi connectivity index (χ1) is 9.08. The van der Waals surface area contributed by atoms with Crippen molar-refractivity contribution in [1.29, 1.82) is 0 Å². The zero-order valence-corrected chi connectivity index (χ0v) is 11.6. The number of benzene rings is 1. The fraction of sp³-hybridized carbons (Fsp3) is 0.533. The lowest BCUT2D eigenvalue weighted by molar-refractivity contribution is -0.130. The quantitative estimate of drug-likeness (QED) is 0.832. The van der Waals surface area contributed by atoms with E-state index in [4.69, 9.17) is 0 Å².